The number of hydrogen-bond acceptors (Lipinski definition) is 5. The standard InChI is InChI=1S/C18H24N4O2/c1-12(2)18(23)22-9-7-15(8-10-22)17-20-16(21-24-17)14-5-3-13(11-19)4-6-14/h3-6,12,15H,7-11,19H2,1-2H3. The average molecular weight is 328 g/mol. The topological polar surface area (TPSA) is 85.2 Å². The lowest BCUT2D eigenvalue weighted by Crippen LogP contribution is -2.40. The Morgan fingerprint density at radius 1 is 1.29 bits per heavy atom. The van der Waals surface area contributed by atoms with Gasteiger partial charge in [0.2, 0.25) is 17.6 Å². The van der Waals surface area contributed by atoms with Gasteiger partial charge in [-0.05, 0) is 18.4 Å². The summed E-state index contributed by atoms with van der Waals surface area (Å²) in [5, 5.41) is 4.10. The van der Waals surface area contributed by atoms with Crippen LogP contribution in [-0.2, 0) is 11.3 Å². The fraction of sp³-hybridized carbons (Fsp3) is 0.500. The lowest BCUT2D eigenvalue weighted by Gasteiger charge is -2.31. The molecule has 2 N–H and O–H groups in total. The number of benzene rings is 1. The van der Waals surface area contributed by atoms with Gasteiger partial charge in [0.25, 0.3) is 0 Å². The highest BCUT2D eigenvalue weighted by atomic mass is 16.5. The van der Waals surface area contributed by atoms with Crippen molar-refractivity contribution < 1.29 is 9.32 Å². The molecule has 1 amide bonds. The summed E-state index contributed by atoms with van der Waals surface area (Å²) < 4.78 is 5.47. The summed E-state index contributed by atoms with van der Waals surface area (Å²) in [7, 11) is 0. The zero-order valence-electron chi connectivity index (χ0n) is 14.2. The molecule has 1 aliphatic rings. The van der Waals surface area contributed by atoms with Crippen molar-refractivity contribution in [2.45, 2.75) is 39.2 Å². The summed E-state index contributed by atoms with van der Waals surface area (Å²) in [6.45, 7) is 5.91. The molecule has 1 aromatic carbocycles. The minimum Gasteiger partial charge on any atom is -0.342 e. The summed E-state index contributed by atoms with van der Waals surface area (Å²) in [6, 6.07) is 7.87. The Hall–Kier alpha value is -2.21. The maximum absolute atomic E-state index is 12.0. The summed E-state index contributed by atoms with van der Waals surface area (Å²) in [5.41, 5.74) is 7.61. The van der Waals surface area contributed by atoms with E-state index in [0.717, 1.165) is 37.1 Å². The van der Waals surface area contributed by atoms with Gasteiger partial charge in [0.05, 0.1) is 0 Å². The molecule has 3 rings (SSSR count). The largest absolute Gasteiger partial charge is 0.342 e. The van der Waals surface area contributed by atoms with Crippen LogP contribution >= 0.6 is 0 Å². The van der Waals surface area contributed by atoms with Crippen LogP contribution in [0, 0.1) is 5.92 Å². The number of amides is 1. The van der Waals surface area contributed by atoms with Gasteiger partial charge in [-0.25, -0.2) is 0 Å². The van der Waals surface area contributed by atoms with Crippen molar-refractivity contribution in [1.29, 1.82) is 0 Å². The molecule has 0 bridgehead atoms. The monoisotopic (exact) mass is 328 g/mol. The van der Waals surface area contributed by atoms with Gasteiger partial charge in [0, 0.05) is 37.0 Å². The third kappa shape index (κ3) is 3.48. The predicted octanol–water partition coefficient (Wildman–Crippen LogP) is 2.56. The summed E-state index contributed by atoms with van der Waals surface area (Å²) in [4.78, 5) is 18.5. The number of nitrogens with two attached hydrogens (primary N) is 1. The molecule has 1 aliphatic heterocycles. The maximum Gasteiger partial charge on any atom is 0.230 e. The van der Waals surface area contributed by atoms with Crippen molar-refractivity contribution in [2.24, 2.45) is 11.7 Å². The number of hydrogen-bond donors (Lipinski definition) is 1. The molecule has 1 aromatic heterocycles. The summed E-state index contributed by atoms with van der Waals surface area (Å²) in [6.07, 6.45) is 1.73. The molecule has 0 unspecified atom stereocenters. The van der Waals surface area contributed by atoms with Crippen molar-refractivity contribution in [3.63, 3.8) is 0 Å². The zero-order chi connectivity index (χ0) is 17.1. The number of rotatable bonds is 4. The molecule has 6 nitrogen and oxygen atoms in total. The van der Waals surface area contributed by atoms with Crippen LogP contribution in [0.15, 0.2) is 28.8 Å². The van der Waals surface area contributed by atoms with Crippen molar-refractivity contribution in [2.75, 3.05) is 13.1 Å². The SMILES string of the molecule is CC(C)C(=O)N1CCC(c2nc(-c3ccc(CN)cc3)no2)CC1. The molecule has 24 heavy (non-hydrogen) atoms. The fourth-order valence-electron chi connectivity index (χ4n) is 3.02. The van der Waals surface area contributed by atoms with Gasteiger partial charge < -0.3 is 15.2 Å². The normalized spacial score (nSPS) is 15.9. The van der Waals surface area contributed by atoms with Gasteiger partial charge in [0.15, 0.2) is 0 Å². The molecule has 0 aliphatic carbocycles. The number of likely N-dealkylation sites (tertiary alicyclic amines) is 1. The lowest BCUT2D eigenvalue weighted by atomic mass is 9.96. The first-order chi connectivity index (χ1) is 11.6. The number of carbonyl (C=O) groups is 1. The molecular formula is C18H24N4O2. The molecule has 6 heteroatoms. The van der Waals surface area contributed by atoms with E-state index in [2.05, 4.69) is 10.1 Å². The highest BCUT2D eigenvalue weighted by Crippen LogP contribution is 2.29. The molecule has 0 spiro atoms. The van der Waals surface area contributed by atoms with Crippen molar-refractivity contribution in [1.82, 2.24) is 15.0 Å². The van der Waals surface area contributed by atoms with Crippen LogP contribution in [0.4, 0.5) is 0 Å². The lowest BCUT2D eigenvalue weighted by molar-refractivity contribution is -0.135. The Kier molecular flexibility index (Phi) is 4.94. The average Bonchev–Trinajstić information content (AvgIpc) is 3.11. The van der Waals surface area contributed by atoms with Crippen LogP contribution in [0.25, 0.3) is 11.4 Å². The van der Waals surface area contributed by atoms with E-state index in [1.165, 1.54) is 0 Å². The molecule has 2 heterocycles. The van der Waals surface area contributed by atoms with Gasteiger partial charge >= 0.3 is 0 Å². The number of nitrogens with zero attached hydrogens (tertiary/aromatic N) is 3. The fourth-order valence-corrected chi connectivity index (χ4v) is 3.02. The number of piperidine rings is 1. The van der Waals surface area contributed by atoms with E-state index in [1.54, 1.807) is 0 Å². The van der Waals surface area contributed by atoms with Gasteiger partial charge in [-0.2, -0.15) is 4.98 Å². The highest BCUT2D eigenvalue weighted by Gasteiger charge is 2.28. The summed E-state index contributed by atoms with van der Waals surface area (Å²) in [5.74, 6) is 1.78. The zero-order valence-corrected chi connectivity index (χ0v) is 14.2. The molecule has 0 radical (unpaired) electrons. The Labute approximate surface area is 142 Å². The van der Waals surface area contributed by atoms with Crippen LogP contribution in [-0.4, -0.2) is 34.0 Å². The molecule has 0 atom stereocenters. The molecule has 128 valence electrons. The van der Waals surface area contributed by atoms with E-state index >= 15 is 0 Å². The Morgan fingerprint density at radius 3 is 2.54 bits per heavy atom. The molecule has 1 saturated heterocycles. The molecular weight excluding hydrogens is 304 g/mol. The second-order valence-electron chi connectivity index (χ2n) is 6.61. The maximum atomic E-state index is 12.0. The number of aromatic nitrogens is 2. The van der Waals surface area contributed by atoms with Crippen LogP contribution in [0.2, 0.25) is 0 Å². The molecule has 1 fully saturated rings. The first kappa shape index (κ1) is 16.6. The molecule has 0 saturated carbocycles. The van der Waals surface area contributed by atoms with E-state index < -0.39 is 0 Å². The van der Waals surface area contributed by atoms with Gasteiger partial charge in [-0.15, -0.1) is 0 Å². The smallest absolute Gasteiger partial charge is 0.230 e. The highest BCUT2D eigenvalue weighted by molar-refractivity contribution is 5.78. The van der Waals surface area contributed by atoms with E-state index in [1.807, 2.05) is 43.0 Å². The van der Waals surface area contributed by atoms with Crippen LogP contribution in [0.3, 0.4) is 0 Å². The van der Waals surface area contributed by atoms with Crippen LogP contribution < -0.4 is 5.73 Å². The number of carbonyl (C=O) groups excluding carboxylic acids is 1. The van der Waals surface area contributed by atoms with E-state index in [0.29, 0.717) is 18.3 Å². The predicted molar refractivity (Wildman–Crippen MR) is 91.0 cm³/mol. The second-order valence-corrected chi connectivity index (χ2v) is 6.61. The van der Waals surface area contributed by atoms with Crippen molar-refractivity contribution in [3.05, 3.63) is 35.7 Å². The third-order valence-corrected chi connectivity index (χ3v) is 4.54. The van der Waals surface area contributed by atoms with Gasteiger partial charge in [-0.3, -0.25) is 4.79 Å². The van der Waals surface area contributed by atoms with Crippen molar-refractivity contribution in [3.8, 4) is 11.4 Å². The molecule has 2 aromatic rings. The van der Waals surface area contributed by atoms with Gasteiger partial charge in [0.1, 0.15) is 0 Å². The first-order valence-electron chi connectivity index (χ1n) is 8.50. The van der Waals surface area contributed by atoms with E-state index in [4.69, 9.17) is 10.3 Å². The third-order valence-electron chi connectivity index (χ3n) is 4.54. The minimum absolute atomic E-state index is 0.0491. The van der Waals surface area contributed by atoms with E-state index in [9.17, 15) is 4.79 Å². The van der Waals surface area contributed by atoms with E-state index in [-0.39, 0.29) is 17.7 Å². The Morgan fingerprint density at radius 2 is 1.96 bits per heavy atom. The Balaban J connectivity index is 1.65. The first-order valence-corrected chi connectivity index (χ1v) is 8.50. The van der Waals surface area contributed by atoms with Crippen LogP contribution in [0.1, 0.15) is 44.1 Å². The second kappa shape index (κ2) is 7.13. The van der Waals surface area contributed by atoms with Crippen LogP contribution in [0.5, 0.6) is 0 Å². The quantitative estimate of drug-likeness (QED) is 0.932. The van der Waals surface area contributed by atoms with Gasteiger partial charge in [-0.1, -0.05) is 43.3 Å². The summed E-state index contributed by atoms with van der Waals surface area (Å²) >= 11 is 0. The minimum atomic E-state index is 0.0491. The van der Waals surface area contributed by atoms with Crippen molar-refractivity contribution >= 4 is 5.91 Å². The Bertz CT molecular complexity index is 685.